The molecule has 2 aromatic rings. The summed E-state index contributed by atoms with van der Waals surface area (Å²) in [6.45, 7) is 0.866. The number of fused-ring (bicyclic) bond motifs is 1. The van der Waals surface area contributed by atoms with E-state index in [4.69, 9.17) is 10.2 Å². The molecular weight excluding hydrogens is 248 g/mol. The van der Waals surface area contributed by atoms with Crippen molar-refractivity contribution in [1.82, 2.24) is 4.90 Å². The Morgan fingerprint density at radius 3 is 2.75 bits per heavy atom. The van der Waals surface area contributed by atoms with E-state index in [1.165, 1.54) is 32.1 Å². The quantitative estimate of drug-likeness (QED) is 0.923. The van der Waals surface area contributed by atoms with Crippen molar-refractivity contribution in [2.75, 3.05) is 13.6 Å². The maximum Gasteiger partial charge on any atom is 0.134 e. The number of hydrogen-bond acceptors (Lipinski definition) is 3. The molecular formula is C17H24N2O. The molecule has 0 radical (unpaired) electrons. The summed E-state index contributed by atoms with van der Waals surface area (Å²) < 4.78 is 5.87. The van der Waals surface area contributed by atoms with E-state index < -0.39 is 0 Å². The Hall–Kier alpha value is -1.32. The van der Waals surface area contributed by atoms with Gasteiger partial charge >= 0.3 is 0 Å². The highest BCUT2D eigenvalue weighted by atomic mass is 16.3. The highest BCUT2D eigenvalue weighted by Crippen LogP contribution is 2.26. The summed E-state index contributed by atoms with van der Waals surface area (Å²) in [5.41, 5.74) is 7.26. The first-order valence-electron chi connectivity index (χ1n) is 7.68. The summed E-state index contributed by atoms with van der Waals surface area (Å²) in [6.07, 6.45) is 6.72. The number of nitrogens with zero attached hydrogens (tertiary/aromatic N) is 1. The fourth-order valence-electron chi connectivity index (χ4n) is 3.26. The first-order valence-corrected chi connectivity index (χ1v) is 7.68. The molecule has 1 aliphatic rings. The third-order valence-corrected chi connectivity index (χ3v) is 4.49. The lowest BCUT2D eigenvalue weighted by molar-refractivity contribution is 0.178. The lowest BCUT2D eigenvalue weighted by Crippen LogP contribution is -2.38. The molecule has 0 spiro atoms. The molecule has 0 aliphatic heterocycles. The van der Waals surface area contributed by atoms with E-state index in [1.54, 1.807) is 0 Å². The molecule has 20 heavy (non-hydrogen) atoms. The second-order valence-corrected chi connectivity index (χ2v) is 6.02. The first-order chi connectivity index (χ1) is 9.74. The fourth-order valence-corrected chi connectivity index (χ4v) is 3.26. The van der Waals surface area contributed by atoms with Crippen LogP contribution in [0.4, 0.5) is 0 Å². The van der Waals surface area contributed by atoms with Gasteiger partial charge in [0.25, 0.3) is 0 Å². The highest BCUT2D eigenvalue weighted by Gasteiger charge is 2.21. The molecule has 108 valence electrons. The monoisotopic (exact) mass is 272 g/mol. The van der Waals surface area contributed by atoms with Gasteiger partial charge in [0.1, 0.15) is 11.3 Å². The predicted octanol–water partition coefficient (Wildman–Crippen LogP) is 3.70. The molecule has 3 heteroatoms. The molecule has 1 aromatic heterocycles. The van der Waals surface area contributed by atoms with Crippen LogP contribution in [0.2, 0.25) is 0 Å². The molecule has 2 N–H and O–H groups in total. The van der Waals surface area contributed by atoms with Crippen molar-refractivity contribution < 1.29 is 4.42 Å². The molecule has 0 bridgehead atoms. The van der Waals surface area contributed by atoms with E-state index in [0.717, 1.165) is 23.3 Å². The minimum absolute atomic E-state index is 0.0469. The normalized spacial score (nSPS) is 18.8. The molecule has 3 rings (SSSR count). The van der Waals surface area contributed by atoms with E-state index in [0.29, 0.717) is 6.04 Å². The average molecular weight is 272 g/mol. The van der Waals surface area contributed by atoms with Gasteiger partial charge in [0.15, 0.2) is 0 Å². The zero-order valence-corrected chi connectivity index (χ0v) is 12.2. The van der Waals surface area contributed by atoms with Gasteiger partial charge in [-0.25, -0.2) is 0 Å². The summed E-state index contributed by atoms with van der Waals surface area (Å²) in [5.74, 6) is 0.897. The maximum atomic E-state index is 6.33. The summed E-state index contributed by atoms with van der Waals surface area (Å²) >= 11 is 0. The second-order valence-electron chi connectivity index (χ2n) is 6.02. The molecule has 1 aromatic carbocycles. The van der Waals surface area contributed by atoms with Crippen molar-refractivity contribution in [3.05, 3.63) is 36.1 Å². The maximum absolute atomic E-state index is 6.33. The number of likely N-dealkylation sites (N-methyl/N-ethyl adjacent to an activating group) is 1. The van der Waals surface area contributed by atoms with Gasteiger partial charge in [0, 0.05) is 18.0 Å². The number of benzene rings is 1. The molecule has 3 nitrogen and oxygen atoms in total. The van der Waals surface area contributed by atoms with Crippen molar-refractivity contribution in [3.8, 4) is 0 Å². The summed E-state index contributed by atoms with van der Waals surface area (Å²) in [5, 5.41) is 1.14. The smallest absolute Gasteiger partial charge is 0.134 e. The zero-order valence-electron chi connectivity index (χ0n) is 12.2. The van der Waals surface area contributed by atoms with Gasteiger partial charge in [-0.15, -0.1) is 0 Å². The Labute approximate surface area is 120 Å². The van der Waals surface area contributed by atoms with E-state index in [1.807, 2.05) is 18.2 Å². The molecule has 1 saturated carbocycles. The van der Waals surface area contributed by atoms with Crippen molar-refractivity contribution in [1.29, 1.82) is 0 Å². The summed E-state index contributed by atoms with van der Waals surface area (Å²) in [6, 6.07) is 10.8. The van der Waals surface area contributed by atoms with Gasteiger partial charge in [-0.1, -0.05) is 37.5 Å². The molecule has 1 heterocycles. The van der Waals surface area contributed by atoms with Gasteiger partial charge in [-0.2, -0.15) is 0 Å². The lowest BCUT2D eigenvalue weighted by atomic mass is 9.94. The highest BCUT2D eigenvalue weighted by molar-refractivity contribution is 5.77. The van der Waals surface area contributed by atoms with Crippen LogP contribution in [0, 0.1) is 0 Å². The SMILES string of the molecule is CN(CC(N)c1cc2ccccc2o1)C1CCCCC1. The Bertz CT molecular complexity index is 524. The van der Waals surface area contributed by atoms with Crippen LogP contribution in [-0.2, 0) is 0 Å². The topological polar surface area (TPSA) is 42.4 Å². The molecule has 0 amide bonds. The standard InChI is InChI=1S/C17H24N2O/c1-19(14-8-3-2-4-9-14)12-15(18)17-11-13-7-5-6-10-16(13)20-17/h5-7,10-11,14-15H,2-4,8-9,12,18H2,1H3. The van der Waals surface area contributed by atoms with Crippen molar-refractivity contribution in [3.63, 3.8) is 0 Å². The van der Waals surface area contributed by atoms with Crippen LogP contribution in [0.5, 0.6) is 0 Å². The van der Waals surface area contributed by atoms with Crippen LogP contribution in [-0.4, -0.2) is 24.5 Å². The minimum Gasteiger partial charge on any atom is -0.459 e. The molecule has 1 unspecified atom stereocenters. The number of nitrogens with two attached hydrogens (primary N) is 1. The van der Waals surface area contributed by atoms with Crippen LogP contribution in [0.1, 0.15) is 43.9 Å². The molecule has 1 aliphatic carbocycles. The van der Waals surface area contributed by atoms with E-state index >= 15 is 0 Å². The van der Waals surface area contributed by atoms with Crippen molar-refractivity contribution in [2.24, 2.45) is 5.73 Å². The molecule has 0 saturated heterocycles. The minimum atomic E-state index is -0.0469. The average Bonchev–Trinajstić information content (AvgIpc) is 2.92. The predicted molar refractivity (Wildman–Crippen MR) is 82.6 cm³/mol. The number of rotatable bonds is 4. The van der Waals surface area contributed by atoms with Gasteiger partial charge in [0.05, 0.1) is 6.04 Å². The van der Waals surface area contributed by atoms with Gasteiger partial charge in [0.2, 0.25) is 0 Å². The first kappa shape index (κ1) is 13.7. The van der Waals surface area contributed by atoms with Crippen LogP contribution in [0.15, 0.2) is 34.7 Å². The van der Waals surface area contributed by atoms with Crippen molar-refractivity contribution in [2.45, 2.75) is 44.2 Å². The van der Waals surface area contributed by atoms with Gasteiger partial charge in [-0.05, 0) is 32.0 Å². The van der Waals surface area contributed by atoms with Gasteiger partial charge in [-0.3, -0.25) is 0 Å². The third-order valence-electron chi connectivity index (χ3n) is 4.49. The van der Waals surface area contributed by atoms with Crippen molar-refractivity contribution >= 4 is 11.0 Å². The summed E-state index contributed by atoms with van der Waals surface area (Å²) in [4.78, 5) is 2.41. The Morgan fingerprint density at radius 2 is 2.00 bits per heavy atom. The molecule has 1 fully saturated rings. The Kier molecular flexibility index (Phi) is 4.08. The fraction of sp³-hybridized carbons (Fsp3) is 0.529. The zero-order chi connectivity index (χ0) is 13.9. The number of furan rings is 1. The van der Waals surface area contributed by atoms with E-state index in [-0.39, 0.29) is 6.04 Å². The van der Waals surface area contributed by atoms with Crippen LogP contribution >= 0.6 is 0 Å². The van der Waals surface area contributed by atoms with Crippen LogP contribution < -0.4 is 5.73 Å². The number of para-hydroxylation sites is 1. The Balaban J connectivity index is 1.67. The summed E-state index contributed by atoms with van der Waals surface area (Å²) in [7, 11) is 2.19. The third kappa shape index (κ3) is 2.89. The lowest BCUT2D eigenvalue weighted by Gasteiger charge is -2.32. The Morgan fingerprint density at radius 1 is 1.25 bits per heavy atom. The van der Waals surface area contributed by atoms with Gasteiger partial charge < -0.3 is 15.1 Å². The second kappa shape index (κ2) is 5.98. The van der Waals surface area contributed by atoms with Crippen LogP contribution in [0.3, 0.4) is 0 Å². The van der Waals surface area contributed by atoms with Crippen LogP contribution in [0.25, 0.3) is 11.0 Å². The molecule has 1 atom stereocenters. The van der Waals surface area contributed by atoms with E-state index in [9.17, 15) is 0 Å². The number of hydrogen-bond donors (Lipinski definition) is 1. The van der Waals surface area contributed by atoms with E-state index in [2.05, 4.69) is 24.1 Å². The largest absolute Gasteiger partial charge is 0.459 e.